The van der Waals surface area contributed by atoms with Gasteiger partial charge in [0.05, 0.1) is 0 Å². The normalized spacial score (nSPS) is 27.2. The summed E-state index contributed by atoms with van der Waals surface area (Å²) in [5.41, 5.74) is 0.952. The smallest absolute Gasteiger partial charge is 0.180 e. The van der Waals surface area contributed by atoms with Crippen LogP contribution < -0.4 is 4.90 Å². The van der Waals surface area contributed by atoms with Crippen LogP contribution in [0.25, 0.3) is 5.65 Å². The second-order valence-electron chi connectivity index (χ2n) is 5.83. The second kappa shape index (κ2) is 4.70. The molecule has 0 saturated carbocycles. The van der Waals surface area contributed by atoms with Crippen molar-refractivity contribution in [1.82, 2.24) is 19.3 Å². The number of likely N-dealkylation sites (N-methyl/N-ethyl adjacent to an activating group) is 1. The zero-order valence-electron chi connectivity index (χ0n) is 11.5. The predicted octanol–water partition coefficient (Wildman–Crippen LogP) is 2.16. The van der Waals surface area contributed by atoms with Gasteiger partial charge in [-0.1, -0.05) is 0 Å². The number of hydrogen-bond acceptors (Lipinski definition) is 4. The molecule has 0 N–H and O–H groups in total. The Bertz CT molecular complexity index is 640. The van der Waals surface area contributed by atoms with Gasteiger partial charge in [-0.3, -0.25) is 4.90 Å². The molecule has 2 unspecified atom stereocenters. The molecule has 4 heterocycles. The van der Waals surface area contributed by atoms with Gasteiger partial charge in [0, 0.05) is 43.8 Å². The molecule has 0 amide bonds. The largest absolute Gasteiger partial charge is 0.352 e. The maximum Gasteiger partial charge on any atom is 0.180 e. The molecule has 4 rings (SSSR count). The van der Waals surface area contributed by atoms with Crippen molar-refractivity contribution in [2.45, 2.75) is 31.3 Å². The number of imidazole rings is 1. The van der Waals surface area contributed by atoms with Crippen LogP contribution in [-0.4, -0.2) is 51.5 Å². The second-order valence-corrected chi connectivity index (χ2v) is 6.64. The summed E-state index contributed by atoms with van der Waals surface area (Å²) >= 11 is 3.51. The van der Waals surface area contributed by atoms with Crippen molar-refractivity contribution >= 4 is 27.4 Å². The maximum absolute atomic E-state index is 4.69. The summed E-state index contributed by atoms with van der Waals surface area (Å²) < 4.78 is 2.90. The van der Waals surface area contributed by atoms with E-state index in [2.05, 4.69) is 42.7 Å². The molecule has 2 aliphatic heterocycles. The molecule has 0 radical (unpaired) electrons. The molecule has 2 atom stereocenters. The van der Waals surface area contributed by atoms with Crippen LogP contribution in [0.4, 0.5) is 5.82 Å². The first kappa shape index (κ1) is 12.6. The first-order valence-corrected chi connectivity index (χ1v) is 7.98. The van der Waals surface area contributed by atoms with Crippen molar-refractivity contribution in [2.75, 3.05) is 25.0 Å². The minimum atomic E-state index is 0.651. The molecule has 20 heavy (non-hydrogen) atoms. The van der Waals surface area contributed by atoms with Gasteiger partial charge >= 0.3 is 0 Å². The number of hydrogen-bond donors (Lipinski definition) is 0. The van der Waals surface area contributed by atoms with Crippen LogP contribution in [0.3, 0.4) is 0 Å². The van der Waals surface area contributed by atoms with Crippen molar-refractivity contribution in [3.8, 4) is 0 Å². The summed E-state index contributed by atoms with van der Waals surface area (Å²) in [6, 6.07) is 1.39. The third kappa shape index (κ3) is 1.93. The van der Waals surface area contributed by atoms with Crippen LogP contribution in [0.2, 0.25) is 0 Å². The molecular formula is C14H18BrN5. The van der Waals surface area contributed by atoms with Crippen molar-refractivity contribution < 1.29 is 0 Å². The lowest BCUT2D eigenvalue weighted by Crippen LogP contribution is -2.37. The van der Waals surface area contributed by atoms with E-state index in [9.17, 15) is 0 Å². The zero-order valence-corrected chi connectivity index (χ0v) is 13.1. The van der Waals surface area contributed by atoms with Crippen LogP contribution in [-0.2, 0) is 0 Å². The van der Waals surface area contributed by atoms with Crippen molar-refractivity contribution in [2.24, 2.45) is 0 Å². The van der Waals surface area contributed by atoms with E-state index >= 15 is 0 Å². The molecule has 5 nitrogen and oxygen atoms in total. The lowest BCUT2D eigenvalue weighted by molar-refractivity contribution is 0.254. The van der Waals surface area contributed by atoms with E-state index in [0.717, 1.165) is 35.2 Å². The van der Waals surface area contributed by atoms with Gasteiger partial charge < -0.3 is 9.30 Å². The van der Waals surface area contributed by atoms with Crippen LogP contribution in [0.5, 0.6) is 0 Å². The Morgan fingerprint density at radius 1 is 1.25 bits per heavy atom. The molecule has 106 valence electrons. The minimum absolute atomic E-state index is 0.651. The van der Waals surface area contributed by atoms with Crippen LogP contribution in [0, 0.1) is 0 Å². The Hall–Kier alpha value is -1.14. The molecule has 2 saturated heterocycles. The quantitative estimate of drug-likeness (QED) is 0.800. The summed E-state index contributed by atoms with van der Waals surface area (Å²) in [5, 5.41) is 0. The highest BCUT2D eigenvalue weighted by Crippen LogP contribution is 2.31. The number of nitrogens with zero attached hydrogens (tertiary/aromatic N) is 5. The number of fused-ring (bicyclic) bond motifs is 3. The fourth-order valence-corrected chi connectivity index (χ4v) is 3.99. The Balaban J connectivity index is 1.74. The van der Waals surface area contributed by atoms with Gasteiger partial charge in [0.1, 0.15) is 4.60 Å². The average Bonchev–Trinajstić information content (AvgIpc) is 2.94. The molecule has 6 heteroatoms. The predicted molar refractivity (Wildman–Crippen MR) is 82.1 cm³/mol. The number of anilines is 1. The van der Waals surface area contributed by atoms with E-state index in [-0.39, 0.29) is 0 Å². The first-order chi connectivity index (χ1) is 9.72. The number of rotatable bonds is 1. The third-order valence-electron chi connectivity index (χ3n) is 4.77. The Morgan fingerprint density at radius 3 is 3.00 bits per heavy atom. The fourth-order valence-electron chi connectivity index (χ4n) is 3.60. The monoisotopic (exact) mass is 335 g/mol. The minimum Gasteiger partial charge on any atom is -0.352 e. The highest BCUT2D eigenvalue weighted by atomic mass is 79.9. The zero-order chi connectivity index (χ0) is 13.7. The van der Waals surface area contributed by atoms with E-state index in [4.69, 9.17) is 0 Å². The van der Waals surface area contributed by atoms with E-state index in [1.54, 1.807) is 0 Å². The van der Waals surface area contributed by atoms with Gasteiger partial charge in [-0.05, 0) is 42.2 Å². The molecule has 2 aromatic heterocycles. The summed E-state index contributed by atoms with van der Waals surface area (Å²) in [7, 11) is 2.27. The molecule has 0 aromatic carbocycles. The Kier molecular flexibility index (Phi) is 2.96. The topological polar surface area (TPSA) is 36.7 Å². The SMILES string of the molecule is CN1C2CCC1CN(c1nc(Br)cn3ccnc13)CC2. The van der Waals surface area contributed by atoms with Gasteiger partial charge in [-0.25, -0.2) is 9.97 Å². The fraction of sp³-hybridized carbons (Fsp3) is 0.571. The lowest BCUT2D eigenvalue weighted by atomic mass is 10.1. The summed E-state index contributed by atoms with van der Waals surface area (Å²) in [4.78, 5) is 14.1. The highest BCUT2D eigenvalue weighted by molar-refractivity contribution is 9.10. The summed E-state index contributed by atoms with van der Waals surface area (Å²) in [6.45, 7) is 2.12. The lowest BCUT2D eigenvalue weighted by Gasteiger charge is -2.26. The molecular weight excluding hydrogens is 318 g/mol. The molecule has 0 aliphatic carbocycles. The van der Waals surface area contributed by atoms with Gasteiger partial charge in [0.2, 0.25) is 0 Å². The van der Waals surface area contributed by atoms with Crippen molar-refractivity contribution in [1.29, 1.82) is 0 Å². The standard InChI is InChI=1S/C14H18BrN5/c1-18-10-2-3-11(18)8-19(6-4-10)14-13-16-5-7-20(13)9-12(15)17-14/h5,7,9-11H,2-4,6,8H2,1H3. The van der Waals surface area contributed by atoms with Crippen LogP contribution in [0.1, 0.15) is 19.3 Å². The molecule has 2 aliphatic rings. The number of aromatic nitrogens is 3. The van der Waals surface area contributed by atoms with Gasteiger partial charge in [-0.15, -0.1) is 0 Å². The van der Waals surface area contributed by atoms with E-state index < -0.39 is 0 Å². The van der Waals surface area contributed by atoms with Crippen LogP contribution in [0.15, 0.2) is 23.2 Å². The van der Waals surface area contributed by atoms with Crippen LogP contribution >= 0.6 is 15.9 Å². The molecule has 2 aromatic rings. The van der Waals surface area contributed by atoms with Crippen molar-refractivity contribution in [3.05, 3.63) is 23.2 Å². The van der Waals surface area contributed by atoms with Gasteiger partial charge in [0.25, 0.3) is 0 Å². The maximum atomic E-state index is 4.69. The summed E-state index contributed by atoms with van der Waals surface area (Å²) in [6.07, 6.45) is 9.64. The van der Waals surface area contributed by atoms with E-state index in [1.807, 2.05) is 23.0 Å². The van der Waals surface area contributed by atoms with Crippen molar-refractivity contribution in [3.63, 3.8) is 0 Å². The Labute approximate surface area is 126 Å². The first-order valence-electron chi connectivity index (χ1n) is 7.18. The highest BCUT2D eigenvalue weighted by Gasteiger charge is 2.35. The average molecular weight is 336 g/mol. The Morgan fingerprint density at radius 2 is 2.10 bits per heavy atom. The van der Waals surface area contributed by atoms with E-state index in [0.29, 0.717) is 6.04 Å². The number of halogens is 1. The van der Waals surface area contributed by atoms with Gasteiger partial charge in [0.15, 0.2) is 11.5 Å². The van der Waals surface area contributed by atoms with Gasteiger partial charge in [-0.2, -0.15) is 0 Å². The summed E-state index contributed by atoms with van der Waals surface area (Å²) in [5.74, 6) is 1.00. The molecule has 0 spiro atoms. The molecule has 2 fully saturated rings. The third-order valence-corrected chi connectivity index (χ3v) is 5.16. The van der Waals surface area contributed by atoms with E-state index in [1.165, 1.54) is 19.3 Å². The molecule has 2 bridgehead atoms.